The summed E-state index contributed by atoms with van der Waals surface area (Å²) in [5, 5.41) is 0. The molecule has 122 valence electrons. The van der Waals surface area contributed by atoms with Crippen LogP contribution in [0.25, 0.3) is 0 Å². The van der Waals surface area contributed by atoms with Gasteiger partial charge in [-0.3, -0.25) is 0 Å². The van der Waals surface area contributed by atoms with Gasteiger partial charge in [0.1, 0.15) is 17.5 Å². The molecule has 0 aliphatic carbocycles. The van der Waals surface area contributed by atoms with Gasteiger partial charge >= 0.3 is 0 Å². The van der Waals surface area contributed by atoms with Crippen molar-refractivity contribution in [2.45, 2.75) is 22.3 Å². The highest BCUT2D eigenvalue weighted by Gasteiger charge is 2.27. The fraction of sp³-hybridized carbons (Fsp3) is 0.200. The second-order valence-electron chi connectivity index (χ2n) is 5.10. The van der Waals surface area contributed by atoms with Crippen LogP contribution in [-0.2, 0) is 10.0 Å². The maximum Gasteiger partial charge on any atom is 0.241 e. The van der Waals surface area contributed by atoms with Gasteiger partial charge in [-0.15, -0.1) is 11.8 Å². The van der Waals surface area contributed by atoms with E-state index in [-0.39, 0.29) is 0 Å². The molecule has 2 aromatic carbocycles. The van der Waals surface area contributed by atoms with Gasteiger partial charge in [0.2, 0.25) is 10.0 Å². The lowest BCUT2D eigenvalue weighted by atomic mass is 10.0. The molecule has 2 aromatic rings. The smallest absolute Gasteiger partial charge is 0.207 e. The zero-order chi connectivity index (χ0) is 16.6. The van der Waals surface area contributed by atoms with Gasteiger partial charge in [0.05, 0.1) is 4.90 Å². The predicted octanol–water partition coefficient (Wildman–Crippen LogP) is 3.62. The Balaban J connectivity index is 1.94. The highest BCUT2D eigenvalue weighted by atomic mass is 32.2. The second-order valence-corrected chi connectivity index (χ2v) is 7.95. The summed E-state index contributed by atoms with van der Waals surface area (Å²) in [4.78, 5) is 0.293. The zero-order valence-electron chi connectivity index (χ0n) is 11.7. The third-order valence-electron chi connectivity index (χ3n) is 3.46. The standard InChI is InChI=1S/C15H12F3NO2S2/c16-9-1-2-15-13(8-9)14(3-4-22-15)19-23(20,21)12-6-10(17)5-11(18)7-12/h1-2,5-8,14,19H,3-4H2/t14-/m1/s1. The molecule has 3 nitrogen and oxygen atoms in total. The molecular weight excluding hydrogens is 347 g/mol. The van der Waals surface area contributed by atoms with Crippen molar-refractivity contribution in [1.82, 2.24) is 4.72 Å². The summed E-state index contributed by atoms with van der Waals surface area (Å²) in [6, 6.07) is 5.63. The molecule has 0 amide bonds. The molecule has 1 heterocycles. The van der Waals surface area contributed by atoms with E-state index in [4.69, 9.17) is 0 Å². The Kier molecular flexibility index (Phi) is 4.39. The second kappa shape index (κ2) is 6.18. The third-order valence-corrected chi connectivity index (χ3v) is 6.03. The molecule has 0 saturated heterocycles. The topological polar surface area (TPSA) is 46.2 Å². The molecule has 1 atom stereocenters. The van der Waals surface area contributed by atoms with E-state index in [1.165, 1.54) is 23.9 Å². The SMILES string of the molecule is O=S(=O)(N[C@@H]1CCSc2ccc(F)cc21)c1cc(F)cc(F)c1. The lowest BCUT2D eigenvalue weighted by molar-refractivity contribution is 0.535. The molecule has 0 fully saturated rings. The number of thioether (sulfide) groups is 1. The number of fused-ring (bicyclic) bond motifs is 1. The zero-order valence-corrected chi connectivity index (χ0v) is 13.4. The van der Waals surface area contributed by atoms with Gasteiger partial charge in [-0.1, -0.05) is 0 Å². The van der Waals surface area contributed by atoms with E-state index < -0.39 is 38.4 Å². The molecule has 3 rings (SSSR count). The summed E-state index contributed by atoms with van der Waals surface area (Å²) >= 11 is 1.51. The van der Waals surface area contributed by atoms with Crippen molar-refractivity contribution in [3.8, 4) is 0 Å². The molecule has 8 heteroatoms. The van der Waals surface area contributed by atoms with Crippen LogP contribution in [0.5, 0.6) is 0 Å². The Morgan fingerprint density at radius 2 is 1.70 bits per heavy atom. The maximum absolute atomic E-state index is 13.4. The average molecular weight is 359 g/mol. The summed E-state index contributed by atoms with van der Waals surface area (Å²) < 4.78 is 67.0. The lowest BCUT2D eigenvalue weighted by Crippen LogP contribution is -2.31. The molecule has 0 aromatic heterocycles. The highest BCUT2D eigenvalue weighted by molar-refractivity contribution is 7.99. The van der Waals surface area contributed by atoms with Crippen LogP contribution < -0.4 is 4.72 Å². The van der Waals surface area contributed by atoms with Gasteiger partial charge in [-0.2, -0.15) is 0 Å². The molecule has 0 spiro atoms. The minimum Gasteiger partial charge on any atom is -0.207 e. The minimum absolute atomic E-state index is 0.456. The molecule has 1 aliphatic rings. The Bertz CT molecular complexity index is 836. The van der Waals surface area contributed by atoms with Gasteiger partial charge in [0, 0.05) is 17.0 Å². The fourth-order valence-electron chi connectivity index (χ4n) is 2.43. The Morgan fingerprint density at radius 3 is 2.39 bits per heavy atom. The van der Waals surface area contributed by atoms with Crippen LogP contribution in [0.3, 0.4) is 0 Å². The minimum atomic E-state index is -4.12. The molecule has 1 aliphatic heterocycles. The van der Waals surface area contributed by atoms with Crippen molar-refractivity contribution in [2.24, 2.45) is 0 Å². The van der Waals surface area contributed by atoms with E-state index >= 15 is 0 Å². The Hall–Kier alpha value is -1.51. The van der Waals surface area contributed by atoms with Gasteiger partial charge < -0.3 is 0 Å². The summed E-state index contributed by atoms with van der Waals surface area (Å²) in [6.07, 6.45) is 0.456. The van der Waals surface area contributed by atoms with Crippen molar-refractivity contribution in [2.75, 3.05) is 5.75 Å². The van der Waals surface area contributed by atoms with E-state index in [2.05, 4.69) is 4.72 Å². The van der Waals surface area contributed by atoms with Gasteiger partial charge in [-0.05, 0) is 48.1 Å². The summed E-state index contributed by atoms with van der Waals surface area (Å²) in [7, 11) is -4.12. The lowest BCUT2D eigenvalue weighted by Gasteiger charge is -2.25. The molecule has 0 saturated carbocycles. The summed E-state index contributed by atoms with van der Waals surface area (Å²) in [6.45, 7) is 0. The number of benzene rings is 2. The molecule has 1 N–H and O–H groups in total. The maximum atomic E-state index is 13.4. The summed E-state index contributed by atoms with van der Waals surface area (Å²) in [5.74, 6) is -1.76. The van der Waals surface area contributed by atoms with Gasteiger partial charge in [0.25, 0.3) is 0 Å². The van der Waals surface area contributed by atoms with Crippen LogP contribution in [0.15, 0.2) is 46.2 Å². The number of halogens is 3. The van der Waals surface area contributed by atoms with Crippen molar-refractivity contribution in [3.63, 3.8) is 0 Å². The fourth-order valence-corrected chi connectivity index (χ4v) is 4.82. The molecule has 0 bridgehead atoms. The predicted molar refractivity (Wildman–Crippen MR) is 81.2 cm³/mol. The first-order valence-electron chi connectivity index (χ1n) is 6.76. The van der Waals surface area contributed by atoms with Crippen molar-refractivity contribution in [3.05, 3.63) is 59.4 Å². The third kappa shape index (κ3) is 3.54. The quantitative estimate of drug-likeness (QED) is 0.911. The first-order valence-corrected chi connectivity index (χ1v) is 9.23. The molecular formula is C15H12F3NO2S2. The van der Waals surface area contributed by atoms with E-state index in [1.807, 2.05) is 0 Å². The number of hydrogen-bond acceptors (Lipinski definition) is 3. The monoisotopic (exact) mass is 359 g/mol. The van der Waals surface area contributed by atoms with Gasteiger partial charge in [-0.25, -0.2) is 26.3 Å². The van der Waals surface area contributed by atoms with Crippen molar-refractivity contribution >= 4 is 21.8 Å². The molecule has 0 unspecified atom stereocenters. The molecule has 23 heavy (non-hydrogen) atoms. The van der Waals surface area contributed by atoms with E-state index in [0.717, 1.165) is 17.0 Å². The van der Waals surface area contributed by atoms with Gasteiger partial charge in [0.15, 0.2) is 0 Å². The van der Waals surface area contributed by atoms with Crippen molar-refractivity contribution < 1.29 is 21.6 Å². The number of sulfonamides is 1. The average Bonchev–Trinajstić information content (AvgIpc) is 2.46. The van der Waals surface area contributed by atoms with Crippen LogP contribution in [0.1, 0.15) is 18.0 Å². The Labute approximate surface area is 136 Å². The largest absolute Gasteiger partial charge is 0.241 e. The molecule has 0 radical (unpaired) electrons. The number of hydrogen-bond donors (Lipinski definition) is 1. The number of rotatable bonds is 3. The van der Waals surface area contributed by atoms with E-state index in [0.29, 0.717) is 23.8 Å². The number of nitrogens with one attached hydrogen (secondary N) is 1. The van der Waals surface area contributed by atoms with Crippen LogP contribution in [-0.4, -0.2) is 14.2 Å². The Morgan fingerprint density at radius 1 is 1.00 bits per heavy atom. The first-order chi connectivity index (χ1) is 10.8. The first kappa shape index (κ1) is 16.4. The van der Waals surface area contributed by atoms with E-state index in [1.54, 1.807) is 6.07 Å². The van der Waals surface area contributed by atoms with Crippen molar-refractivity contribution in [1.29, 1.82) is 0 Å². The summed E-state index contributed by atoms with van der Waals surface area (Å²) in [5.41, 5.74) is 0.529. The van der Waals surface area contributed by atoms with E-state index in [9.17, 15) is 21.6 Å². The normalized spacial score (nSPS) is 17.8. The van der Waals surface area contributed by atoms with Crippen LogP contribution >= 0.6 is 11.8 Å². The van der Waals surface area contributed by atoms with Crippen LogP contribution in [0, 0.1) is 17.5 Å². The van der Waals surface area contributed by atoms with Crippen LogP contribution in [0.2, 0.25) is 0 Å². The highest BCUT2D eigenvalue weighted by Crippen LogP contribution is 2.37. The van der Waals surface area contributed by atoms with Crippen LogP contribution in [0.4, 0.5) is 13.2 Å².